The highest BCUT2D eigenvalue weighted by atomic mass is 35.5. The van der Waals surface area contributed by atoms with Gasteiger partial charge in [0.2, 0.25) is 5.91 Å². The highest BCUT2D eigenvalue weighted by molar-refractivity contribution is 6.29. The Bertz CT molecular complexity index is 740. The van der Waals surface area contributed by atoms with Crippen LogP contribution in [0.1, 0.15) is 12.2 Å². The Kier molecular flexibility index (Phi) is 4.15. The predicted molar refractivity (Wildman–Crippen MR) is 81.3 cm³/mol. The van der Waals surface area contributed by atoms with Gasteiger partial charge in [0.15, 0.2) is 17.4 Å². The molecule has 0 atom stereocenters. The molecule has 0 aliphatic carbocycles. The molecule has 1 aliphatic heterocycles. The lowest BCUT2D eigenvalue weighted by Gasteiger charge is -2.12. The number of carbonyl (C=O) groups excluding carboxylic acids is 1. The highest BCUT2D eigenvalue weighted by Crippen LogP contribution is 2.20. The molecule has 2 aromatic heterocycles. The van der Waals surface area contributed by atoms with Crippen molar-refractivity contribution in [2.45, 2.75) is 6.42 Å². The third kappa shape index (κ3) is 3.15. The summed E-state index contributed by atoms with van der Waals surface area (Å²) in [5.74, 6) is 1.23. The first kappa shape index (κ1) is 14.3. The number of ether oxygens (including phenoxy) is 1. The molecule has 3 heterocycles. The lowest BCUT2D eigenvalue weighted by atomic mass is 10.3. The van der Waals surface area contributed by atoms with Gasteiger partial charge in [-0.1, -0.05) is 0 Å². The van der Waals surface area contributed by atoms with E-state index in [0.29, 0.717) is 23.2 Å². The Morgan fingerprint density at radius 1 is 1.45 bits per heavy atom. The average Bonchev–Trinajstić information content (AvgIpc) is 3.10. The fourth-order valence-electron chi connectivity index (χ4n) is 1.85. The van der Waals surface area contributed by atoms with Crippen LogP contribution in [0.25, 0.3) is 11.6 Å². The molecule has 0 fully saturated rings. The predicted octanol–water partition coefficient (Wildman–Crippen LogP) is 2.11. The third-order valence-electron chi connectivity index (χ3n) is 2.79. The van der Waals surface area contributed by atoms with Gasteiger partial charge in [-0.05, 0) is 24.6 Å². The molecule has 1 aliphatic rings. The minimum Gasteiger partial charge on any atom is -0.462 e. The summed E-state index contributed by atoms with van der Waals surface area (Å²) in [6.07, 6.45) is 9.42. The molecule has 0 spiro atoms. The second-order valence-corrected chi connectivity index (χ2v) is 4.63. The second kappa shape index (κ2) is 6.40. The van der Waals surface area contributed by atoms with Gasteiger partial charge in [-0.2, -0.15) is 5.10 Å². The number of halogens is 1. The molecule has 0 aromatic carbocycles. The maximum absolute atomic E-state index is 11.5. The largest absolute Gasteiger partial charge is 0.462 e. The summed E-state index contributed by atoms with van der Waals surface area (Å²) in [6.45, 7) is 0. The van der Waals surface area contributed by atoms with Crippen molar-refractivity contribution in [1.29, 1.82) is 0 Å². The number of hydrogen-bond acceptors (Lipinski definition) is 5. The number of aromatic nitrogens is 4. The SMILES string of the molecule is O=C(CCl)Nc1cc(-n2cccn2)nc(C2=CCC=CO2)n1. The van der Waals surface area contributed by atoms with Crippen molar-refractivity contribution < 1.29 is 9.53 Å². The maximum Gasteiger partial charge on any atom is 0.240 e. The van der Waals surface area contributed by atoms with Crippen molar-refractivity contribution in [3.8, 4) is 5.82 Å². The minimum absolute atomic E-state index is 0.154. The monoisotopic (exact) mass is 317 g/mol. The number of alkyl halides is 1. The van der Waals surface area contributed by atoms with E-state index in [1.54, 1.807) is 35.5 Å². The van der Waals surface area contributed by atoms with E-state index < -0.39 is 0 Å². The zero-order valence-electron chi connectivity index (χ0n) is 11.4. The van der Waals surface area contributed by atoms with Crippen molar-refractivity contribution >= 4 is 29.1 Å². The number of nitrogens with zero attached hydrogens (tertiary/aromatic N) is 4. The van der Waals surface area contributed by atoms with E-state index in [1.807, 2.05) is 12.2 Å². The van der Waals surface area contributed by atoms with Gasteiger partial charge in [0, 0.05) is 18.5 Å². The highest BCUT2D eigenvalue weighted by Gasteiger charge is 2.14. The Morgan fingerprint density at radius 3 is 3.05 bits per heavy atom. The minimum atomic E-state index is -0.351. The number of amides is 1. The number of hydrogen-bond donors (Lipinski definition) is 1. The fraction of sp³-hybridized carbons (Fsp3) is 0.143. The van der Waals surface area contributed by atoms with Crippen molar-refractivity contribution in [2.75, 3.05) is 11.2 Å². The normalized spacial score (nSPS) is 13.4. The molecule has 112 valence electrons. The number of anilines is 1. The molecule has 3 rings (SSSR count). The molecule has 0 saturated carbocycles. The first-order valence-electron chi connectivity index (χ1n) is 6.53. The molecular weight excluding hydrogens is 306 g/mol. The Hall–Kier alpha value is -2.67. The van der Waals surface area contributed by atoms with Crippen LogP contribution in [-0.2, 0) is 9.53 Å². The average molecular weight is 318 g/mol. The molecule has 0 radical (unpaired) electrons. The summed E-state index contributed by atoms with van der Waals surface area (Å²) < 4.78 is 6.98. The Morgan fingerprint density at radius 2 is 2.36 bits per heavy atom. The van der Waals surface area contributed by atoms with E-state index in [-0.39, 0.29) is 11.8 Å². The van der Waals surface area contributed by atoms with Gasteiger partial charge in [-0.3, -0.25) is 4.79 Å². The number of allylic oxidation sites excluding steroid dienone is 2. The van der Waals surface area contributed by atoms with E-state index in [4.69, 9.17) is 16.3 Å². The van der Waals surface area contributed by atoms with Crippen LogP contribution in [0.4, 0.5) is 5.82 Å². The lowest BCUT2D eigenvalue weighted by molar-refractivity contribution is -0.113. The third-order valence-corrected chi connectivity index (χ3v) is 3.03. The van der Waals surface area contributed by atoms with Crippen molar-refractivity contribution in [3.05, 3.63) is 48.8 Å². The van der Waals surface area contributed by atoms with Crippen LogP contribution >= 0.6 is 11.6 Å². The molecule has 22 heavy (non-hydrogen) atoms. The smallest absolute Gasteiger partial charge is 0.240 e. The van der Waals surface area contributed by atoms with Crippen LogP contribution in [0, 0.1) is 0 Å². The second-order valence-electron chi connectivity index (χ2n) is 4.36. The number of carbonyl (C=O) groups is 1. The molecule has 8 heteroatoms. The zero-order valence-corrected chi connectivity index (χ0v) is 12.2. The topological polar surface area (TPSA) is 81.9 Å². The summed E-state index contributed by atoms with van der Waals surface area (Å²) in [5.41, 5.74) is 0. The fourth-order valence-corrected chi connectivity index (χ4v) is 1.92. The van der Waals surface area contributed by atoms with Crippen LogP contribution < -0.4 is 5.32 Å². The summed E-state index contributed by atoms with van der Waals surface area (Å²) in [6, 6.07) is 3.39. The van der Waals surface area contributed by atoms with Gasteiger partial charge in [0.1, 0.15) is 11.7 Å². The van der Waals surface area contributed by atoms with E-state index in [0.717, 1.165) is 6.42 Å². The van der Waals surface area contributed by atoms with Crippen LogP contribution in [0.15, 0.2) is 42.9 Å². The van der Waals surface area contributed by atoms with Gasteiger partial charge in [0.25, 0.3) is 0 Å². The van der Waals surface area contributed by atoms with E-state index in [1.165, 1.54) is 0 Å². The van der Waals surface area contributed by atoms with Crippen LogP contribution in [-0.4, -0.2) is 31.5 Å². The first-order valence-corrected chi connectivity index (χ1v) is 7.07. The first-order chi connectivity index (χ1) is 10.8. The van der Waals surface area contributed by atoms with Crippen molar-refractivity contribution in [2.24, 2.45) is 0 Å². The molecular formula is C14H12ClN5O2. The molecule has 0 bridgehead atoms. The zero-order chi connectivity index (χ0) is 15.4. The molecule has 7 nitrogen and oxygen atoms in total. The Labute approximate surface area is 131 Å². The number of rotatable bonds is 4. The van der Waals surface area contributed by atoms with Gasteiger partial charge in [0.05, 0.1) is 6.26 Å². The van der Waals surface area contributed by atoms with Gasteiger partial charge in [-0.25, -0.2) is 14.6 Å². The van der Waals surface area contributed by atoms with Gasteiger partial charge < -0.3 is 10.1 Å². The van der Waals surface area contributed by atoms with Crippen molar-refractivity contribution in [3.63, 3.8) is 0 Å². The molecule has 0 unspecified atom stereocenters. The van der Waals surface area contributed by atoms with Crippen LogP contribution in [0.5, 0.6) is 0 Å². The van der Waals surface area contributed by atoms with Gasteiger partial charge >= 0.3 is 0 Å². The number of nitrogens with one attached hydrogen (secondary N) is 1. The summed E-state index contributed by atoms with van der Waals surface area (Å²) in [5, 5.41) is 6.74. The van der Waals surface area contributed by atoms with Crippen LogP contribution in [0.2, 0.25) is 0 Å². The standard InChI is InChI=1S/C14H12ClN5O2/c15-9-13(21)17-11-8-12(20-6-3-5-16-20)19-14(18-11)10-4-1-2-7-22-10/h2-8H,1,9H2,(H,17,18,19,21). The molecule has 1 N–H and O–H groups in total. The maximum atomic E-state index is 11.5. The van der Waals surface area contributed by atoms with Gasteiger partial charge in [-0.15, -0.1) is 11.6 Å². The summed E-state index contributed by atoms with van der Waals surface area (Å²) in [7, 11) is 0. The molecule has 0 saturated heterocycles. The van der Waals surface area contributed by atoms with Crippen molar-refractivity contribution in [1.82, 2.24) is 19.7 Å². The van der Waals surface area contributed by atoms with Crippen LogP contribution in [0.3, 0.4) is 0 Å². The summed E-state index contributed by atoms with van der Waals surface area (Å²) >= 11 is 5.51. The van der Waals surface area contributed by atoms with E-state index >= 15 is 0 Å². The lowest BCUT2D eigenvalue weighted by Crippen LogP contribution is -2.16. The summed E-state index contributed by atoms with van der Waals surface area (Å²) in [4.78, 5) is 20.2. The van der Waals surface area contributed by atoms with E-state index in [2.05, 4.69) is 20.4 Å². The molecule has 1 amide bonds. The molecule has 2 aromatic rings. The van der Waals surface area contributed by atoms with E-state index in [9.17, 15) is 4.79 Å². The Balaban J connectivity index is 2.01. The quantitative estimate of drug-likeness (QED) is 0.873.